The second kappa shape index (κ2) is 3.42. The van der Waals surface area contributed by atoms with Gasteiger partial charge >= 0.3 is 0 Å². The van der Waals surface area contributed by atoms with Gasteiger partial charge in [0.1, 0.15) is 0 Å². The topological polar surface area (TPSA) is 0 Å². The Balaban J connectivity index is 2.14. The summed E-state index contributed by atoms with van der Waals surface area (Å²) in [4.78, 5) is 0. The molecule has 0 saturated carbocycles. The van der Waals surface area contributed by atoms with Gasteiger partial charge in [-0.25, -0.2) is 0 Å². The van der Waals surface area contributed by atoms with Crippen molar-refractivity contribution in [3.05, 3.63) is 34.9 Å². The van der Waals surface area contributed by atoms with Crippen LogP contribution in [0.5, 0.6) is 0 Å². The number of rotatable bonds is 0. The van der Waals surface area contributed by atoms with Gasteiger partial charge in [0.05, 0.1) is 0 Å². The van der Waals surface area contributed by atoms with E-state index in [1.165, 1.54) is 44.9 Å². The first-order valence-electron chi connectivity index (χ1n) is 6.06. The Labute approximate surface area is 86.3 Å². The Morgan fingerprint density at radius 2 is 1.57 bits per heavy atom. The van der Waals surface area contributed by atoms with Gasteiger partial charge in [0.2, 0.25) is 0 Å². The summed E-state index contributed by atoms with van der Waals surface area (Å²) in [6.45, 7) is 0. The Morgan fingerprint density at radius 1 is 0.857 bits per heavy atom. The zero-order valence-electron chi connectivity index (χ0n) is 8.76. The van der Waals surface area contributed by atoms with E-state index in [1.54, 1.807) is 16.7 Å². The average molecular weight is 186 g/mol. The molecule has 0 N–H and O–H groups in total. The molecule has 2 aliphatic carbocycles. The van der Waals surface area contributed by atoms with Crippen molar-refractivity contribution in [1.29, 1.82) is 0 Å². The van der Waals surface area contributed by atoms with Gasteiger partial charge in [0, 0.05) is 0 Å². The van der Waals surface area contributed by atoms with Crippen molar-refractivity contribution in [2.45, 2.75) is 50.9 Å². The second-order valence-electron chi connectivity index (χ2n) is 4.82. The molecule has 1 aromatic rings. The molecule has 0 amide bonds. The van der Waals surface area contributed by atoms with Crippen LogP contribution in [0.25, 0.3) is 0 Å². The maximum absolute atomic E-state index is 2.36. The summed E-state index contributed by atoms with van der Waals surface area (Å²) in [7, 11) is 0. The van der Waals surface area contributed by atoms with Crippen LogP contribution in [0.2, 0.25) is 0 Å². The highest BCUT2D eigenvalue weighted by molar-refractivity contribution is 5.40. The summed E-state index contributed by atoms with van der Waals surface area (Å²) in [5.41, 5.74) is 5.10. The van der Waals surface area contributed by atoms with E-state index < -0.39 is 0 Å². The minimum atomic E-state index is 0.914. The molecule has 0 aromatic heterocycles. The van der Waals surface area contributed by atoms with E-state index in [2.05, 4.69) is 18.2 Å². The standard InChI is InChI=1S/C14H18/c1-2-6-12-8-4-10-13-9-3-7-11(5-1)14(12)13/h3,7,9,12H,1-2,4-6,8,10H2. The lowest BCUT2D eigenvalue weighted by molar-refractivity contribution is 0.511. The molecule has 3 rings (SSSR count). The molecule has 0 nitrogen and oxygen atoms in total. The van der Waals surface area contributed by atoms with E-state index in [0.717, 1.165) is 5.92 Å². The monoisotopic (exact) mass is 186 g/mol. The van der Waals surface area contributed by atoms with Crippen molar-refractivity contribution in [1.82, 2.24) is 0 Å². The minimum Gasteiger partial charge on any atom is -0.0617 e. The Morgan fingerprint density at radius 3 is 2.43 bits per heavy atom. The number of hydrogen-bond donors (Lipinski definition) is 0. The van der Waals surface area contributed by atoms with Crippen molar-refractivity contribution in [2.24, 2.45) is 0 Å². The van der Waals surface area contributed by atoms with Crippen molar-refractivity contribution in [2.75, 3.05) is 0 Å². The fourth-order valence-electron chi connectivity index (χ4n) is 3.30. The summed E-state index contributed by atoms with van der Waals surface area (Å²) >= 11 is 0. The fraction of sp³-hybridized carbons (Fsp3) is 0.571. The maximum atomic E-state index is 2.36. The van der Waals surface area contributed by atoms with Crippen LogP contribution in [0.3, 0.4) is 0 Å². The summed E-state index contributed by atoms with van der Waals surface area (Å²) in [5, 5.41) is 0. The van der Waals surface area contributed by atoms with Crippen LogP contribution in [0.4, 0.5) is 0 Å². The van der Waals surface area contributed by atoms with Gasteiger partial charge in [-0.2, -0.15) is 0 Å². The SMILES string of the molecule is c1cc2c3c(c1)CCCC3CCCC2. The zero-order chi connectivity index (χ0) is 9.38. The molecule has 0 heteroatoms. The zero-order valence-corrected chi connectivity index (χ0v) is 8.76. The molecule has 1 unspecified atom stereocenters. The van der Waals surface area contributed by atoms with Crippen molar-refractivity contribution >= 4 is 0 Å². The highest BCUT2D eigenvalue weighted by atomic mass is 14.3. The molecule has 2 aliphatic rings. The lowest BCUT2D eigenvalue weighted by atomic mass is 9.79. The van der Waals surface area contributed by atoms with Crippen LogP contribution in [-0.2, 0) is 12.8 Å². The summed E-state index contributed by atoms with van der Waals surface area (Å²) in [5.74, 6) is 0.914. The first-order chi connectivity index (χ1) is 6.95. The van der Waals surface area contributed by atoms with Crippen LogP contribution >= 0.6 is 0 Å². The van der Waals surface area contributed by atoms with Crippen LogP contribution in [0.15, 0.2) is 18.2 Å². The molecule has 0 saturated heterocycles. The number of benzene rings is 1. The first-order valence-corrected chi connectivity index (χ1v) is 6.06. The van der Waals surface area contributed by atoms with E-state index in [0.29, 0.717) is 0 Å². The smallest absolute Gasteiger partial charge is 0.0156 e. The quantitative estimate of drug-likeness (QED) is 0.577. The Kier molecular flexibility index (Phi) is 2.08. The normalized spacial score (nSPS) is 25.3. The molecular formula is C14H18. The summed E-state index contributed by atoms with van der Waals surface area (Å²) < 4.78 is 0. The van der Waals surface area contributed by atoms with Gasteiger partial charge in [-0.05, 0) is 61.1 Å². The molecule has 0 heterocycles. The third-order valence-corrected chi connectivity index (χ3v) is 3.94. The molecule has 0 aliphatic heterocycles. The summed E-state index contributed by atoms with van der Waals surface area (Å²) in [6.07, 6.45) is 9.83. The Hall–Kier alpha value is -0.780. The van der Waals surface area contributed by atoms with Gasteiger partial charge in [0.15, 0.2) is 0 Å². The van der Waals surface area contributed by atoms with E-state index >= 15 is 0 Å². The van der Waals surface area contributed by atoms with E-state index in [1.807, 2.05) is 0 Å². The third-order valence-electron chi connectivity index (χ3n) is 3.94. The molecule has 0 spiro atoms. The molecule has 0 radical (unpaired) electrons. The second-order valence-corrected chi connectivity index (χ2v) is 4.82. The van der Waals surface area contributed by atoms with E-state index in [4.69, 9.17) is 0 Å². The van der Waals surface area contributed by atoms with Gasteiger partial charge in [-0.3, -0.25) is 0 Å². The minimum absolute atomic E-state index is 0.914. The third kappa shape index (κ3) is 1.28. The number of hydrogen-bond acceptors (Lipinski definition) is 0. The van der Waals surface area contributed by atoms with E-state index in [9.17, 15) is 0 Å². The Bertz CT molecular complexity index is 338. The molecule has 1 atom stereocenters. The van der Waals surface area contributed by atoms with Gasteiger partial charge in [0.25, 0.3) is 0 Å². The average Bonchev–Trinajstić information content (AvgIpc) is 2.44. The molecule has 0 fully saturated rings. The largest absolute Gasteiger partial charge is 0.0617 e. The lowest BCUT2D eigenvalue weighted by Gasteiger charge is -2.26. The van der Waals surface area contributed by atoms with Crippen molar-refractivity contribution < 1.29 is 0 Å². The highest BCUT2D eigenvalue weighted by Crippen LogP contribution is 2.39. The molecule has 14 heavy (non-hydrogen) atoms. The van der Waals surface area contributed by atoms with Gasteiger partial charge < -0.3 is 0 Å². The summed E-state index contributed by atoms with van der Waals surface area (Å²) in [6, 6.07) is 6.99. The van der Waals surface area contributed by atoms with Crippen molar-refractivity contribution in [3.63, 3.8) is 0 Å². The van der Waals surface area contributed by atoms with Crippen molar-refractivity contribution in [3.8, 4) is 0 Å². The van der Waals surface area contributed by atoms with Crippen LogP contribution in [-0.4, -0.2) is 0 Å². The maximum Gasteiger partial charge on any atom is -0.0156 e. The van der Waals surface area contributed by atoms with Crippen LogP contribution in [0.1, 0.15) is 54.7 Å². The molecule has 1 aromatic carbocycles. The predicted molar refractivity (Wildman–Crippen MR) is 59.7 cm³/mol. The molecule has 0 bridgehead atoms. The van der Waals surface area contributed by atoms with Gasteiger partial charge in [-0.15, -0.1) is 0 Å². The predicted octanol–water partition coefficient (Wildman–Crippen LogP) is 3.83. The fourth-order valence-corrected chi connectivity index (χ4v) is 3.30. The molecular weight excluding hydrogens is 168 g/mol. The first kappa shape index (κ1) is 8.52. The lowest BCUT2D eigenvalue weighted by Crippen LogP contribution is -2.10. The highest BCUT2D eigenvalue weighted by Gasteiger charge is 2.24. The number of aryl methyl sites for hydroxylation is 2. The van der Waals surface area contributed by atoms with Gasteiger partial charge in [-0.1, -0.05) is 24.6 Å². The van der Waals surface area contributed by atoms with E-state index in [-0.39, 0.29) is 0 Å². The van der Waals surface area contributed by atoms with Crippen LogP contribution < -0.4 is 0 Å². The molecule has 74 valence electrons. The van der Waals surface area contributed by atoms with Crippen LogP contribution in [0, 0.1) is 0 Å².